The zero-order chi connectivity index (χ0) is 14.9. The van der Waals surface area contributed by atoms with Crippen LogP contribution in [0.1, 0.15) is 73.6 Å². The van der Waals surface area contributed by atoms with Gasteiger partial charge in [0, 0.05) is 5.41 Å². The minimum Gasteiger partial charge on any atom is -0.412 e. The van der Waals surface area contributed by atoms with E-state index in [1.807, 2.05) is 0 Å². The van der Waals surface area contributed by atoms with Gasteiger partial charge in [-0.25, -0.2) is 0 Å². The van der Waals surface area contributed by atoms with Crippen LogP contribution in [0.5, 0.6) is 0 Å². The average Bonchev–Trinajstić information content (AvgIpc) is 2.37. The SMILES string of the molecule is CCC1(CC)C[Si](C)(C)OC(C)(CC)C1(CC)CC. The molecule has 1 saturated heterocycles. The summed E-state index contributed by atoms with van der Waals surface area (Å²) in [6.07, 6.45) is 6.26. The van der Waals surface area contributed by atoms with Gasteiger partial charge in [-0.2, -0.15) is 0 Å². The summed E-state index contributed by atoms with van der Waals surface area (Å²) in [5.74, 6) is 0. The molecule has 0 saturated carbocycles. The minimum atomic E-state index is -1.55. The molecule has 0 radical (unpaired) electrons. The molecule has 1 aliphatic rings. The summed E-state index contributed by atoms with van der Waals surface area (Å²) in [6.45, 7) is 19.2. The highest BCUT2D eigenvalue weighted by Crippen LogP contribution is 2.65. The molecule has 1 fully saturated rings. The fraction of sp³-hybridized carbons (Fsp3) is 1.00. The Morgan fingerprint density at radius 1 is 0.842 bits per heavy atom. The maximum absolute atomic E-state index is 6.81. The molecule has 0 N–H and O–H groups in total. The molecule has 1 nitrogen and oxygen atoms in total. The molecule has 0 amide bonds. The average molecular weight is 285 g/mol. The molecular formula is C17H36OSi. The van der Waals surface area contributed by atoms with Gasteiger partial charge in [0.05, 0.1) is 5.60 Å². The van der Waals surface area contributed by atoms with Crippen molar-refractivity contribution in [3.05, 3.63) is 0 Å². The summed E-state index contributed by atoms with van der Waals surface area (Å²) in [6, 6.07) is 1.34. The van der Waals surface area contributed by atoms with Crippen LogP contribution in [0, 0.1) is 10.8 Å². The van der Waals surface area contributed by atoms with Crippen molar-refractivity contribution in [3.63, 3.8) is 0 Å². The van der Waals surface area contributed by atoms with Crippen LogP contribution in [-0.2, 0) is 4.43 Å². The Morgan fingerprint density at radius 3 is 1.63 bits per heavy atom. The molecule has 1 rings (SSSR count). The molecule has 114 valence electrons. The minimum absolute atomic E-state index is 0.0660. The first kappa shape index (κ1) is 17.2. The summed E-state index contributed by atoms with van der Waals surface area (Å²) in [5, 5.41) is 0. The van der Waals surface area contributed by atoms with Crippen molar-refractivity contribution in [3.8, 4) is 0 Å². The predicted octanol–water partition coefficient (Wildman–Crippen LogP) is 6.00. The van der Waals surface area contributed by atoms with Gasteiger partial charge in [0.1, 0.15) is 0 Å². The second kappa shape index (κ2) is 5.52. The predicted molar refractivity (Wildman–Crippen MR) is 88.1 cm³/mol. The Balaban J connectivity index is 3.47. The Hall–Kier alpha value is 0.177. The van der Waals surface area contributed by atoms with E-state index in [9.17, 15) is 0 Å². The summed E-state index contributed by atoms with van der Waals surface area (Å²) in [7, 11) is -1.55. The van der Waals surface area contributed by atoms with Gasteiger partial charge < -0.3 is 4.43 Å². The molecule has 19 heavy (non-hydrogen) atoms. The first-order valence-corrected chi connectivity index (χ1v) is 11.5. The maximum Gasteiger partial charge on any atom is 0.188 e. The summed E-state index contributed by atoms with van der Waals surface area (Å²) < 4.78 is 6.81. The lowest BCUT2D eigenvalue weighted by molar-refractivity contribution is -0.163. The van der Waals surface area contributed by atoms with E-state index in [1.54, 1.807) is 0 Å². The van der Waals surface area contributed by atoms with Crippen LogP contribution in [-0.4, -0.2) is 13.9 Å². The third-order valence-corrected chi connectivity index (χ3v) is 9.06. The molecule has 0 aromatic carbocycles. The number of hydrogen-bond acceptors (Lipinski definition) is 1. The third kappa shape index (κ3) is 2.33. The molecule has 2 heteroatoms. The Bertz CT molecular complexity index is 302. The van der Waals surface area contributed by atoms with Gasteiger partial charge >= 0.3 is 0 Å². The van der Waals surface area contributed by atoms with Gasteiger partial charge in [-0.1, -0.05) is 47.5 Å². The fourth-order valence-electron chi connectivity index (χ4n) is 5.62. The zero-order valence-corrected chi connectivity index (χ0v) is 15.7. The van der Waals surface area contributed by atoms with E-state index in [0.29, 0.717) is 10.8 Å². The summed E-state index contributed by atoms with van der Waals surface area (Å²) in [5.41, 5.74) is 0.895. The second-order valence-corrected chi connectivity index (χ2v) is 11.5. The molecular weight excluding hydrogens is 248 g/mol. The van der Waals surface area contributed by atoms with Gasteiger partial charge in [-0.05, 0) is 50.7 Å². The normalized spacial score (nSPS) is 32.2. The summed E-state index contributed by atoms with van der Waals surface area (Å²) >= 11 is 0. The standard InChI is InChI=1S/C17H36OSi/c1-9-15(6)17(12-4,13-5)16(10-2,11-3)14-19(7,8)18-15/h9-14H2,1-8H3. The third-order valence-electron chi connectivity index (χ3n) is 6.53. The lowest BCUT2D eigenvalue weighted by atomic mass is 9.51. The zero-order valence-electron chi connectivity index (χ0n) is 14.7. The van der Waals surface area contributed by atoms with Gasteiger partial charge in [0.2, 0.25) is 0 Å². The molecule has 0 aromatic heterocycles. The van der Waals surface area contributed by atoms with E-state index in [2.05, 4.69) is 54.6 Å². The summed E-state index contributed by atoms with van der Waals surface area (Å²) in [4.78, 5) is 0. The molecule has 0 aromatic rings. The van der Waals surface area contributed by atoms with Gasteiger partial charge in [0.15, 0.2) is 8.32 Å². The van der Waals surface area contributed by atoms with E-state index in [1.165, 1.54) is 31.7 Å². The first-order valence-electron chi connectivity index (χ1n) is 8.42. The van der Waals surface area contributed by atoms with E-state index in [-0.39, 0.29) is 5.60 Å². The monoisotopic (exact) mass is 284 g/mol. The van der Waals surface area contributed by atoms with E-state index >= 15 is 0 Å². The molecule has 0 bridgehead atoms. The molecule has 1 unspecified atom stereocenters. The second-order valence-electron chi connectivity index (χ2n) is 7.40. The Labute approximate surface area is 122 Å². The van der Waals surface area contributed by atoms with Crippen LogP contribution in [0.25, 0.3) is 0 Å². The van der Waals surface area contributed by atoms with Gasteiger partial charge in [-0.15, -0.1) is 0 Å². The van der Waals surface area contributed by atoms with Crippen molar-refractivity contribution in [2.24, 2.45) is 10.8 Å². The maximum atomic E-state index is 6.81. The molecule has 0 spiro atoms. The van der Waals surface area contributed by atoms with Crippen molar-refractivity contribution in [1.82, 2.24) is 0 Å². The number of rotatable bonds is 5. The molecule has 1 atom stereocenters. The highest BCUT2D eigenvalue weighted by Gasteiger charge is 2.63. The van der Waals surface area contributed by atoms with Crippen molar-refractivity contribution in [2.45, 2.75) is 98.4 Å². The number of hydrogen-bond donors (Lipinski definition) is 0. The van der Waals surface area contributed by atoms with Crippen LogP contribution >= 0.6 is 0 Å². The van der Waals surface area contributed by atoms with Gasteiger partial charge in [-0.3, -0.25) is 0 Å². The highest BCUT2D eigenvalue weighted by atomic mass is 28.4. The quantitative estimate of drug-likeness (QED) is 0.562. The van der Waals surface area contributed by atoms with Crippen LogP contribution in [0.15, 0.2) is 0 Å². The van der Waals surface area contributed by atoms with E-state index in [0.717, 1.165) is 6.42 Å². The first-order chi connectivity index (χ1) is 8.72. The van der Waals surface area contributed by atoms with Crippen LogP contribution < -0.4 is 0 Å². The highest BCUT2D eigenvalue weighted by molar-refractivity contribution is 6.71. The Kier molecular flexibility index (Phi) is 5.00. The largest absolute Gasteiger partial charge is 0.412 e. The lowest BCUT2D eigenvalue weighted by Gasteiger charge is -2.66. The van der Waals surface area contributed by atoms with Crippen LogP contribution in [0.3, 0.4) is 0 Å². The van der Waals surface area contributed by atoms with E-state index in [4.69, 9.17) is 4.43 Å². The molecule has 1 aliphatic heterocycles. The molecule has 1 heterocycles. The van der Waals surface area contributed by atoms with Gasteiger partial charge in [0.25, 0.3) is 0 Å². The topological polar surface area (TPSA) is 9.23 Å². The van der Waals surface area contributed by atoms with Crippen LogP contribution in [0.4, 0.5) is 0 Å². The van der Waals surface area contributed by atoms with Crippen molar-refractivity contribution in [1.29, 1.82) is 0 Å². The Morgan fingerprint density at radius 2 is 1.32 bits per heavy atom. The van der Waals surface area contributed by atoms with E-state index < -0.39 is 8.32 Å². The van der Waals surface area contributed by atoms with Crippen molar-refractivity contribution in [2.75, 3.05) is 0 Å². The smallest absolute Gasteiger partial charge is 0.188 e. The fourth-order valence-corrected chi connectivity index (χ4v) is 9.72. The van der Waals surface area contributed by atoms with Crippen molar-refractivity contribution < 1.29 is 4.43 Å². The van der Waals surface area contributed by atoms with Crippen molar-refractivity contribution >= 4 is 8.32 Å². The lowest BCUT2D eigenvalue weighted by Crippen LogP contribution is -2.66. The molecule has 0 aliphatic carbocycles. The van der Waals surface area contributed by atoms with Crippen LogP contribution in [0.2, 0.25) is 19.1 Å².